The summed E-state index contributed by atoms with van der Waals surface area (Å²) in [6, 6.07) is 7.08. The van der Waals surface area contributed by atoms with E-state index in [9.17, 15) is 9.59 Å². The number of rotatable bonds is 2. The maximum atomic E-state index is 11.9. The molecule has 16 heavy (non-hydrogen) atoms. The second kappa shape index (κ2) is 4.25. The average molecular weight is 283 g/mol. The summed E-state index contributed by atoms with van der Waals surface area (Å²) in [6.07, 6.45) is 0. The summed E-state index contributed by atoms with van der Waals surface area (Å²) in [5.74, 6) is -0.143. The largest absolute Gasteiger partial charge is 0.331 e. The van der Waals surface area contributed by atoms with E-state index in [1.54, 1.807) is 6.92 Å². The van der Waals surface area contributed by atoms with Crippen LogP contribution < -0.4 is 4.90 Å². The number of imide groups is 1. The summed E-state index contributed by atoms with van der Waals surface area (Å²) in [5, 5.41) is 0. The molecule has 5 heteroatoms. The summed E-state index contributed by atoms with van der Waals surface area (Å²) in [7, 11) is 0. The van der Waals surface area contributed by atoms with Crippen LogP contribution in [0.15, 0.2) is 28.7 Å². The fourth-order valence-electron chi connectivity index (χ4n) is 1.68. The first-order valence-corrected chi connectivity index (χ1v) is 5.80. The Balaban J connectivity index is 2.27. The normalized spacial score (nSPS) is 16.1. The zero-order chi connectivity index (χ0) is 11.7. The van der Waals surface area contributed by atoms with Gasteiger partial charge in [0.05, 0.1) is 0 Å². The first-order chi connectivity index (χ1) is 7.63. The van der Waals surface area contributed by atoms with Crippen LogP contribution in [0.3, 0.4) is 0 Å². The van der Waals surface area contributed by atoms with Crippen LogP contribution in [0.2, 0.25) is 0 Å². The number of carbonyl (C=O) groups excluding carboxylic acids is 2. The molecule has 0 unspecified atom stereocenters. The van der Waals surface area contributed by atoms with Crippen molar-refractivity contribution in [3.05, 3.63) is 28.7 Å². The first-order valence-electron chi connectivity index (χ1n) is 5.01. The number of urea groups is 1. The van der Waals surface area contributed by atoms with Gasteiger partial charge in [-0.05, 0) is 31.2 Å². The van der Waals surface area contributed by atoms with E-state index < -0.39 is 0 Å². The minimum Gasteiger partial charge on any atom is -0.285 e. The molecule has 1 fully saturated rings. The quantitative estimate of drug-likeness (QED) is 0.781. The summed E-state index contributed by atoms with van der Waals surface area (Å²) < 4.78 is 0.946. The smallest absolute Gasteiger partial charge is 0.285 e. The molecular weight excluding hydrogens is 272 g/mol. The van der Waals surface area contributed by atoms with Crippen LogP contribution in [0.25, 0.3) is 0 Å². The van der Waals surface area contributed by atoms with Crippen molar-refractivity contribution < 1.29 is 9.59 Å². The summed E-state index contributed by atoms with van der Waals surface area (Å²) >= 11 is 3.33. The topological polar surface area (TPSA) is 40.6 Å². The number of nitrogens with zero attached hydrogens (tertiary/aromatic N) is 2. The number of amides is 3. The Morgan fingerprint density at radius 3 is 2.38 bits per heavy atom. The molecule has 0 saturated carbocycles. The molecular formula is C11H11BrN2O2. The van der Waals surface area contributed by atoms with E-state index in [0.717, 1.165) is 10.2 Å². The van der Waals surface area contributed by atoms with Gasteiger partial charge in [0, 0.05) is 16.7 Å². The number of anilines is 1. The predicted octanol–water partition coefficient (Wildman–Crippen LogP) is 2.24. The predicted molar refractivity (Wildman–Crippen MR) is 64.3 cm³/mol. The molecule has 0 N–H and O–H groups in total. The summed E-state index contributed by atoms with van der Waals surface area (Å²) in [5.41, 5.74) is 0.748. The van der Waals surface area contributed by atoms with Gasteiger partial charge in [0.1, 0.15) is 6.54 Å². The van der Waals surface area contributed by atoms with E-state index in [-0.39, 0.29) is 18.5 Å². The third-order valence-corrected chi connectivity index (χ3v) is 3.04. The molecule has 1 saturated heterocycles. The van der Waals surface area contributed by atoms with Gasteiger partial charge in [-0.25, -0.2) is 4.79 Å². The average Bonchev–Trinajstić information content (AvgIpc) is 2.55. The fraction of sp³-hybridized carbons (Fsp3) is 0.273. The van der Waals surface area contributed by atoms with Crippen molar-refractivity contribution in [2.75, 3.05) is 18.0 Å². The summed E-state index contributed by atoms with van der Waals surface area (Å²) in [6.45, 7) is 2.35. The van der Waals surface area contributed by atoms with E-state index in [0.29, 0.717) is 6.54 Å². The standard InChI is InChI=1S/C11H11BrN2O2/c1-2-13-10(15)7-14(11(13)16)9-5-3-8(12)4-6-9/h3-6H,2,7H2,1H3. The highest BCUT2D eigenvalue weighted by Gasteiger charge is 2.35. The molecule has 0 atom stereocenters. The van der Waals surface area contributed by atoms with E-state index >= 15 is 0 Å². The van der Waals surface area contributed by atoms with Crippen molar-refractivity contribution in [3.63, 3.8) is 0 Å². The highest BCUT2D eigenvalue weighted by atomic mass is 79.9. The fourth-order valence-corrected chi connectivity index (χ4v) is 1.94. The van der Waals surface area contributed by atoms with Crippen LogP contribution in [-0.2, 0) is 4.79 Å². The molecule has 1 aliphatic rings. The maximum absolute atomic E-state index is 11.9. The molecule has 0 spiro atoms. The molecule has 1 aromatic rings. The van der Waals surface area contributed by atoms with Crippen LogP contribution in [0.5, 0.6) is 0 Å². The Kier molecular flexibility index (Phi) is 2.96. The van der Waals surface area contributed by atoms with Gasteiger partial charge in [-0.2, -0.15) is 0 Å². The van der Waals surface area contributed by atoms with Gasteiger partial charge in [0.2, 0.25) is 0 Å². The third kappa shape index (κ3) is 1.82. The number of hydrogen-bond donors (Lipinski definition) is 0. The molecule has 0 bridgehead atoms. The SMILES string of the molecule is CCN1C(=O)CN(c2ccc(Br)cc2)C1=O. The van der Waals surface area contributed by atoms with Gasteiger partial charge in [-0.1, -0.05) is 15.9 Å². The van der Waals surface area contributed by atoms with Gasteiger partial charge >= 0.3 is 6.03 Å². The number of carbonyl (C=O) groups is 2. The van der Waals surface area contributed by atoms with E-state index in [1.807, 2.05) is 24.3 Å². The van der Waals surface area contributed by atoms with Crippen molar-refractivity contribution in [2.24, 2.45) is 0 Å². The van der Waals surface area contributed by atoms with Crippen molar-refractivity contribution in [2.45, 2.75) is 6.92 Å². The second-order valence-corrected chi connectivity index (χ2v) is 4.40. The lowest BCUT2D eigenvalue weighted by Gasteiger charge is -2.15. The van der Waals surface area contributed by atoms with E-state index in [2.05, 4.69) is 15.9 Å². The molecule has 2 rings (SSSR count). The van der Waals surface area contributed by atoms with Gasteiger partial charge < -0.3 is 0 Å². The second-order valence-electron chi connectivity index (χ2n) is 3.48. The van der Waals surface area contributed by atoms with E-state index in [1.165, 1.54) is 9.80 Å². The van der Waals surface area contributed by atoms with Crippen molar-refractivity contribution >= 4 is 33.6 Å². The Labute approximate surface area is 102 Å². The van der Waals surface area contributed by atoms with Crippen molar-refractivity contribution in [3.8, 4) is 0 Å². The zero-order valence-corrected chi connectivity index (χ0v) is 10.4. The minimum atomic E-state index is -0.241. The molecule has 1 aliphatic heterocycles. The number of likely N-dealkylation sites (N-methyl/N-ethyl adjacent to an activating group) is 1. The highest BCUT2D eigenvalue weighted by molar-refractivity contribution is 9.10. The lowest BCUT2D eigenvalue weighted by Crippen LogP contribution is -2.32. The van der Waals surface area contributed by atoms with E-state index in [4.69, 9.17) is 0 Å². The number of hydrogen-bond acceptors (Lipinski definition) is 2. The van der Waals surface area contributed by atoms with Gasteiger partial charge in [0.25, 0.3) is 5.91 Å². The lowest BCUT2D eigenvalue weighted by molar-refractivity contribution is -0.124. The van der Waals surface area contributed by atoms with Crippen LogP contribution in [0.4, 0.5) is 10.5 Å². The molecule has 3 amide bonds. The monoisotopic (exact) mass is 282 g/mol. The highest BCUT2D eigenvalue weighted by Crippen LogP contribution is 2.22. The Bertz CT molecular complexity index is 430. The molecule has 1 heterocycles. The lowest BCUT2D eigenvalue weighted by atomic mass is 10.3. The van der Waals surface area contributed by atoms with Gasteiger partial charge in [0.15, 0.2) is 0 Å². The molecule has 0 aliphatic carbocycles. The van der Waals surface area contributed by atoms with Gasteiger partial charge in [-0.15, -0.1) is 0 Å². The molecule has 84 valence electrons. The minimum absolute atomic E-state index is 0.133. The number of benzene rings is 1. The first kappa shape index (κ1) is 11.1. The zero-order valence-electron chi connectivity index (χ0n) is 8.81. The summed E-state index contributed by atoms with van der Waals surface area (Å²) in [4.78, 5) is 26.1. The van der Waals surface area contributed by atoms with Crippen molar-refractivity contribution in [1.82, 2.24) is 4.90 Å². The molecule has 0 radical (unpaired) electrons. The molecule has 4 nitrogen and oxygen atoms in total. The van der Waals surface area contributed by atoms with Crippen molar-refractivity contribution in [1.29, 1.82) is 0 Å². The Morgan fingerprint density at radius 1 is 1.25 bits per heavy atom. The Hall–Kier alpha value is -1.36. The maximum Gasteiger partial charge on any atom is 0.331 e. The van der Waals surface area contributed by atoms with Gasteiger partial charge in [-0.3, -0.25) is 14.6 Å². The van der Waals surface area contributed by atoms with Crippen LogP contribution in [-0.4, -0.2) is 29.9 Å². The van der Waals surface area contributed by atoms with Crippen LogP contribution >= 0.6 is 15.9 Å². The Morgan fingerprint density at radius 2 is 1.88 bits per heavy atom. The van der Waals surface area contributed by atoms with Crippen LogP contribution in [0.1, 0.15) is 6.92 Å². The molecule has 1 aromatic carbocycles. The molecule has 0 aromatic heterocycles. The third-order valence-electron chi connectivity index (χ3n) is 2.51. The van der Waals surface area contributed by atoms with Crippen LogP contribution in [0, 0.1) is 0 Å². The number of halogens is 1.